The molecule has 0 aliphatic rings. The number of primary sulfonamides is 1. The molecule has 0 saturated carbocycles. The molecular formula is C22H24ClN3O2S. The summed E-state index contributed by atoms with van der Waals surface area (Å²) in [7, 11) is 3.76. The molecule has 0 aromatic heterocycles. The Morgan fingerprint density at radius 1 is 0.793 bits per heavy atom. The normalized spacial score (nSPS) is 11.4. The molecule has 3 aromatic carbocycles. The standard InChI is InChI=1S/C22H24ClN3O2S/c1-25(2)18-13-16(14-19(22(18)23)26(3)4)17-11-8-12-20(29(24,27)28)21(17)15-9-6-5-7-10-15/h5-14H,1-4H3,(H2,24,27,28). The zero-order chi connectivity index (χ0) is 21.3. The quantitative estimate of drug-likeness (QED) is 0.650. The highest BCUT2D eigenvalue weighted by Crippen LogP contribution is 2.42. The molecule has 0 amide bonds. The van der Waals surface area contributed by atoms with E-state index in [4.69, 9.17) is 16.7 Å². The van der Waals surface area contributed by atoms with Gasteiger partial charge in [-0.25, -0.2) is 13.6 Å². The number of nitrogens with zero attached hydrogens (tertiary/aromatic N) is 2. The van der Waals surface area contributed by atoms with Crippen molar-refractivity contribution in [3.8, 4) is 22.3 Å². The van der Waals surface area contributed by atoms with Crippen molar-refractivity contribution in [2.45, 2.75) is 4.90 Å². The van der Waals surface area contributed by atoms with E-state index in [0.29, 0.717) is 10.6 Å². The van der Waals surface area contributed by atoms with Crippen LogP contribution in [0.3, 0.4) is 0 Å². The lowest BCUT2D eigenvalue weighted by Gasteiger charge is -2.23. The third-order valence-corrected chi connectivity index (χ3v) is 6.04. The molecule has 0 atom stereocenters. The number of halogens is 1. The maximum Gasteiger partial charge on any atom is 0.238 e. The molecule has 2 N–H and O–H groups in total. The van der Waals surface area contributed by atoms with Gasteiger partial charge in [-0.1, -0.05) is 54.1 Å². The number of benzene rings is 3. The molecular weight excluding hydrogens is 406 g/mol. The van der Waals surface area contributed by atoms with Crippen LogP contribution < -0.4 is 14.9 Å². The highest BCUT2D eigenvalue weighted by molar-refractivity contribution is 7.89. The van der Waals surface area contributed by atoms with Crippen LogP contribution in [0.15, 0.2) is 65.6 Å². The fourth-order valence-electron chi connectivity index (χ4n) is 3.31. The first-order chi connectivity index (χ1) is 13.6. The van der Waals surface area contributed by atoms with Crippen LogP contribution in [0, 0.1) is 0 Å². The first-order valence-corrected chi connectivity index (χ1v) is 10.9. The molecule has 0 bridgehead atoms. The van der Waals surface area contributed by atoms with E-state index >= 15 is 0 Å². The molecule has 3 rings (SSSR count). The fourth-order valence-corrected chi connectivity index (χ4v) is 4.54. The average molecular weight is 430 g/mol. The monoisotopic (exact) mass is 429 g/mol. The van der Waals surface area contributed by atoms with Crippen molar-refractivity contribution in [1.82, 2.24) is 0 Å². The number of nitrogens with two attached hydrogens (primary N) is 1. The van der Waals surface area contributed by atoms with Gasteiger partial charge in [0.25, 0.3) is 0 Å². The molecule has 0 fully saturated rings. The Balaban J connectivity index is 2.41. The van der Waals surface area contributed by atoms with Crippen molar-refractivity contribution in [3.05, 3.63) is 65.7 Å². The van der Waals surface area contributed by atoms with Crippen LogP contribution in [0.5, 0.6) is 0 Å². The van der Waals surface area contributed by atoms with Gasteiger partial charge in [0.2, 0.25) is 10.0 Å². The van der Waals surface area contributed by atoms with E-state index in [1.165, 1.54) is 6.07 Å². The molecule has 0 aliphatic heterocycles. The first kappa shape index (κ1) is 21.2. The van der Waals surface area contributed by atoms with Crippen molar-refractivity contribution >= 4 is 33.0 Å². The molecule has 0 radical (unpaired) electrons. The highest BCUT2D eigenvalue weighted by atomic mass is 35.5. The molecule has 3 aromatic rings. The number of hydrogen-bond donors (Lipinski definition) is 1. The second kappa shape index (κ2) is 8.06. The average Bonchev–Trinajstić information content (AvgIpc) is 2.67. The van der Waals surface area contributed by atoms with Gasteiger partial charge in [0.15, 0.2) is 0 Å². The summed E-state index contributed by atoms with van der Waals surface area (Å²) in [6.45, 7) is 0. The second-order valence-electron chi connectivity index (χ2n) is 7.21. The Kier molecular flexibility index (Phi) is 5.89. The SMILES string of the molecule is CN(C)c1cc(-c2cccc(S(N)(=O)=O)c2-c2ccccc2)cc(N(C)C)c1Cl. The summed E-state index contributed by atoms with van der Waals surface area (Å²) in [5.41, 5.74) is 4.66. The van der Waals surface area contributed by atoms with E-state index in [2.05, 4.69) is 0 Å². The van der Waals surface area contributed by atoms with Gasteiger partial charge in [0, 0.05) is 33.8 Å². The Morgan fingerprint density at radius 3 is 1.83 bits per heavy atom. The van der Waals surface area contributed by atoms with Gasteiger partial charge in [-0.3, -0.25) is 0 Å². The molecule has 0 unspecified atom stereocenters. The van der Waals surface area contributed by atoms with Crippen LogP contribution in [0.2, 0.25) is 5.02 Å². The van der Waals surface area contributed by atoms with Gasteiger partial charge >= 0.3 is 0 Å². The number of anilines is 2. The van der Waals surface area contributed by atoms with Gasteiger partial charge < -0.3 is 9.80 Å². The van der Waals surface area contributed by atoms with Crippen molar-refractivity contribution in [2.75, 3.05) is 38.0 Å². The first-order valence-electron chi connectivity index (χ1n) is 9.01. The Hall–Kier alpha value is -2.54. The van der Waals surface area contributed by atoms with E-state index in [0.717, 1.165) is 28.1 Å². The molecule has 0 aliphatic carbocycles. The molecule has 7 heteroatoms. The molecule has 0 heterocycles. The lowest BCUT2D eigenvalue weighted by atomic mass is 9.93. The number of hydrogen-bond acceptors (Lipinski definition) is 4. The summed E-state index contributed by atoms with van der Waals surface area (Å²) < 4.78 is 24.7. The predicted molar refractivity (Wildman–Crippen MR) is 122 cm³/mol. The van der Waals surface area contributed by atoms with Gasteiger partial charge in [-0.15, -0.1) is 0 Å². The van der Waals surface area contributed by atoms with Gasteiger partial charge in [0.1, 0.15) is 0 Å². The zero-order valence-electron chi connectivity index (χ0n) is 16.8. The minimum Gasteiger partial charge on any atom is -0.376 e. The van der Waals surface area contributed by atoms with Crippen molar-refractivity contribution < 1.29 is 8.42 Å². The third-order valence-electron chi connectivity index (χ3n) is 4.70. The number of sulfonamides is 1. The molecule has 29 heavy (non-hydrogen) atoms. The topological polar surface area (TPSA) is 66.6 Å². The third kappa shape index (κ3) is 4.24. The van der Waals surface area contributed by atoms with Crippen LogP contribution >= 0.6 is 11.6 Å². The summed E-state index contributed by atoms with van der Waals surface area (Å²) >= 11 is 6.62. The van der Waals surface area contributed by atoms with Gasteiger partial charge in [-0.2, -0.15) is 0 Å². The highest BCUT2D eigenvalue weighted by Gasteiger charge is 2.21. The second-order valence-corrected chi connectivity index (χ2v) is 9.11. The van der Waals surface area contributed by atoms with E-state index < -0.39 is 10.0 Å². The minimum atomic E-state index is -3.92. The summed E-state index contributed by atoms with van der Waals surface area (Å²) in [6, 6.07) is 18.5. The van der Waals surface area contributed by atoms with Crippen LogP contribution in [-0.4, -0.2) is 36.6 Å². The fraction of sp³-hybridized carbons (Fsp3) is 0.182. The Labute approximate surface area is 177 Å². The van der Waals surface area contributed by atoms with Crippen molar-refractivity contribution in [2.24, 2.45) is 5.14 Å². The van der Waals surface area contributed by atoms with Crippen LogP contribution in [-0.2, 0) is 10.0 Å². The van der Waals surface area contributed by atoms with E-state index in [-0.39, 0.29) is 4.90 Å². The maximum atomic E-state index is 12.4. The van der Waals surface area contributed by atoms with E-state index in [9.17, 15) is 8.42 Å². The Morgan fingerprint density at radius 2 is 1.34 bits per heavy atom. The molecule has 5 nitrogen and oxygen atoms in total. The minimum absolute atomic E-state index is 0.0916. The smallest absolute Gasteiger partial charge is 0.238 e. The van der Waals surface area contributed by atoms with Crippen molar-refractivity contribution in [3.63, 3.8) is 0 Å². The van der Waals surface area contributed by atoms with Crippen LogP contribution in [0.25, 0.3) is 22.3 Å². The summed E-state index contributed by atoms with van der Waals surface area (Å²) in [5, 5.41) is 6.19. The van der Waals surface area contributed by atoms with Crippen molar-refractivity contribution in [1.29, 1.82) is 0 Å². The lowest BCUT2D eigenvalue weighted by Crippen LogP contribution is -2.15. The molecule has 0 saturated heterocycles. The predicted octanol–water partition coefficient (Wildman–Crippen LogP) is 4.45. The Bertz CT molecular complexity index is 1110. The largest absolute Gasteiger partial charge is 0.376 e. The van der Waals surface area contributed by atoms with Gasteiger partial charge in [0.05, 0.1) is 21.3 Å². The zero-order valence-corrected chi connectivity index (χ0v) is 18.4. The van der Waals surface area contributed by atoms with Crippen LogP contribution in [0.1, 0.15) is 0 Å². The summed E-state index contributed by atoms with van der Waals surface area (Å²) in [5.74, 6) is 0. The van der Waals surface area contributed by atoms with Gasteiger partial charge in [-0.05, 0) is 34.9 Å². The lowest BCUT2D eigenvalue weighted by molar-refractivity contribution is 0.598. The molecule has 152 valence electrons. The number of rotatable bonds is 5. The van der Waals surface area contributed by atoms with E-state index in [1.54, 1.807) is 6.07 Å². The summed E-state index contributed by atoms with van der Waals surface area (Å²) in [4.78, 5) is 3.96. The molecule has 0 spiro atoms. The van der Waals surface area contributed by atoms with E-state index in [1.807, 2.05) is 86.5 Å². The van der Waals surface area contributed by atoms with Crippen LogP contribution in [0.4, 0.5) is 11.4 Å². The summed E-state index contributed by atoms with van der Waals surface area (Å²) in [6.07, 6.45) is 0. The maximum absolute atomic E-state index is 12.4.